The first kappa shape index (κ1) is 40.4. The predicted octanol–water partition coefficient (Wildman–Crippen LogP) is 11.8. The van der Waals surface area contributed by atoms with E-state index in [9.17, 15) is 9.90 Å². The third kappa shape index (κ3) is 9.84. The second-order valence-electron chi connectivity index (χ2n) is 14.9. The van der Waals surface area contributed by atoms with Crippen molar-refractivity contribution >= 4 is 45.2 Å². The summed E-state index contributed by atoms with van der Waals surface area (Å²) in [5.41, 5.74) is 5.19. The Bertz CT molecular complexity index is 1870. The van der Waals surface area contributed by atoms with Crippen molar-refractivity contribution in [2.45, 2.75) is 96.8 Å². The van der Waals surface area contributed by atoms with Crippen molar-refractivity contribution in [2.24, 2.45) is 11.8 Å². The number of carbonyl (C=O) groups is 1. The molecule has 0 aliphatic rings. The third-order valence-electron chi connectivity index (χ3n) is 9.40. The minimum Gasteiger partial charge on any atom is -0.512 e. The number of aliphatic hydroxyl groups excluding tert-OH is 1. The molecule has 0 atom stereocenters. The molecule has 3 aromatic carbocycles. The SMILES string of the molecule is CC(C)(C)c1cc(-c2nccc3oc(-c4cc[c]([Ge]([CH3])([CH3])[CH3])cc4)cc23)[c-]c2ccccc12.CCC(CC)C(=O)/C=C(\O)C(CC)CC.[Ir]. The Kier molecular flexibility index (Phi) is 14.3. The number of fused-ring (bicyclic) bond motifs is 2. The Hall–Kier alpha value is -2.99. The molecule has 0 spiro atoms. The first-order valence-electron chi connectivity index (χ1n) is 17.6. The van der Waals surface area contributed by atoms with Gasteiger partial charge >= 0.3 is 160 Å². The van der Waals surface area contributed by atoms with Gasteiger partial charge < -0.3 is 5.11 Å². The van der Waals surface area contributed by atoms with Gasteiger partial charge in [-0.05, 0) is 25.7 Å². The molecule has 0 saturated heterocycles. The van der Waals surface area contributed by atoms with Crippen LogP contribution in [0.4, 0.5) is 0 Å². The van der Waals surface area contributed by atoms with Gasteiger partial charge in [0.15, 0.2) is 5.78 Å². The van der Waals surface area contributed by atoms with Gasteiger partial charge in [0.25, 0.3) is 0 Å². The van der Waals surface area contributed by atoms with Gasteiger partial charge in [-0.15, -0.1) is 0 Å². The van der Waals surface area contributed by atoms with Gasteiger partial charge in [-0.25, -0.2) is 0 Å². The topological polar surface area (TPSA) is 63.3 Å². The average Bonchev–Trinajstić information content (AvgIpc) is 3.50. The Morgan fingerprint density at radius 1 is 0.878 bits per heavy atom. The summed E-state index contributed by atoms with van der Waals surface area (Å²) in [5, 5.41) is 13.1. The Labute approximate surface area is 310 Å². The molecule has 0 aliphatic carbocycles. The number of hydrogen-bond donors (Lipinski definition) is 1. The van der Waals surface area contributed by atoms with Crippen molar-refractivity contribution in [1.82, 2.24) is 4.98 Å². The van der Waals surface area contributed by atoms with Crippen LogP contribution in [0.3, 0.4) is 0 Å². The molecule has 263 valence electrons. The van der Waals surface area contributed by atoms with Crippen LogP contribution in [0.2, 0.25) is 17.3 Å². The summed E-state index contributed by atoms with van der Waals surface area (Å²) in [4.78, 5) is 16.5. The van der Waals surface area contributed by atoms with E-state index in [2.05, 4.69) is 105 Å². The van der Waals surface area contributed by atoms with E-state index < -0.39 is 13.3 Å². The van der Waals surface area contributed by atoms with Crippen molar-refractivity contribution in [3.8, 4) is 22.6 Å². The van der Waals surface area contributed by atoms with Crippen LogP contribution in [-0.4, -0.2) is 29.1 Å². The number of carbonyl (C=O) groups excluding carboxylic acids is 1. The normalized spacial score (nSPS) is 12.3. The monoisotopic (exact) mass is 899 g/mol. The van der Waals surface area contributed by atoms with Gasteiger partial charge in [-0.3, -0.25) is 4.79 Å². The second kappa shape index (κ2) is 17.3. The van der Waals surface area contributed by atoms with E-state index in [-0.39, 0.29) is 48.9 Å². The van der Waals surface area contributed by atoms with Crippen LogP contribution in [0.25, 0.3) is 44.3 Å². The third-order valence-corrected chi connectivity index (χ3v) is 13.7. The first-order chi connectivity index (χ1) is 22.7. The van der Waals surface area contributed by atoms with Crippen molar-refractivity contribution in [1.29, 1.82) is 0 Å². The van der Waals surface area contributed by atoms with Crippen molar-refractivity contribution in [3.05, 3.63) is 96.4 Å². The number of furan rings is 1. The smallest absolute Gasteiger partial charge is 0.512 e. The van der Waals surface area contributed by atoms with E-state index in [1.807, 2.05) is 40.0 Å². The van der Waals surface area contributed by atoms with Crippen LogP contribution < -0.4 is 4.40 Å². The maximum atomic E-state index is 11.7. The van der Waals surface area contributed by atoms with E-state index in [4.69, 9.17) is 9.40 Å². The minimum absolute atomic E-state index is 0. The molecule has 5 aromatic rings. The average molecular weight is 898 g/mol. The van der Waals surface area contributed by atoms with Gasteiger partial charge in [0.1, 0.15) is 0 Å². The molecule has 1 radical (unpaired) electrons. The summed E-state index contributed by atoms with van der Waals surface area (Å²) in [6, 6.07) is 27.4. The number of aromatic nitrogens is 1. The maximum absolute atomic E-state index is 11.7. The number of nitrogens with zero attached hydrogens (tertiary/aromatic N) is 1. The molecule has 6 heteroatoms. The molecule has 2 aromatic heterocycles. The summed E-state index contributed by atoms with van der Waals surface area (Å²) in [6.07, 6.45) is 6.74. The van der Waals surface area contributed by atoms with Crippen LogP contribution in [-0.2, 0) is 30.3 Å². The van der Waals surface area contributed by atoms with E-state index in [1.54, 1.807) is 0 Å². The zero-order valence-electron chi connectivity index (χ0n) is 31.0. The van der Waals surface area contributed by atoms with Gasteiger partial charge in [-0.1, -0.05) is 66.7 Å². The fourth-order valence-corrected chi connectivity index (χ4v) is 8.66. The van der Waals surface area contributed by atoms with E-state index in [0.717, 1.165) is 64.6 Å². The molecule has 0 saturated carbocycles. The zero-order chi connectivity index (χ0) is 35.2. The molecule has 0 amide bonds. The standard InChI is InChI=1S/C30H30GeNO.C13H24O2.Ir/c1-30(2,3)26-18-22(17-21-9-7-8-10-24(21)26)29-25-19-28(33-27(25)15-16-32-29)20-11-13-23(14-12-20)31(4,5)6;1-5-10(6-2)12(14)9-13(15)11(7-3)8-4;/h7-16,18-19H,1-6H3;9-11,14H,5-8H2,1-4H3;/q-1;;/b;12-9-;. The van der Waals surface area contributed by atoms with Crippen LogP contribution in [0, 0.1) is 17.9 Å². The molecule has 0 fully saturated rings. The first-order valence-corrected chi connectivity index (χ1v) is 25.0. The van der Waals surface area contributed by atoms with Crippen LogP contribution in [0.1, 0.15) is 79.7 Å². The Morgan fingerprint density at radius 2 is 1.49 bits per heavy atom. The number of hydrogen-bond acceptors (Lipinski definition) is 4. The predicted molar refractivity (Wildman–Crippen MR) is 207 cm³/mol. The van der Waals surface area contributed by atoms with E-state index >= 15 is 0 Å². The number of benzene rings is 3. The number of pyridine rings is 1. The Morgan fingerprint density at radius 3 is 2.06 bits per heavy atom. The zero-order valence-corrected chi connectivity index (χ0v) is 35.5. The summed E-state index contributed by atoms with van der Waals surface area (Å²) >= 11 is -1.84. The summed E-state index contributed by atoms with van der Waals surface area (Å²) in [7, 11) is 0. The van der Waals surface area contributed by atoms with Crippen LogP contribution >= 0.6 is 0 Å². The molecule has 0 unspecified atom stereocenters. The van der Waals surface area contributed by atoms with E-state index in [1.165, 1.54) is 21.4 Å². The molecular formula is C43H54GeIrNO3-. The summed E-state index contributed by atoms with van der Waals surface area (Å²) < 4.78 is 7.79. The summed E-state index contributed by atoms with van der Waals surface area (Å²) in [6.45, 7) is 14.8. The minimum atomic E-state index is -1.84. The van der Waals surface area contributed by atoms with Crippen LogP contribution in [0.15, 0.2) is 89.2 Å². The summed E-state index contributed by atoms with van der Waals surface area (Å²) in [5.74, 6) is 8.68. The molecule has 5 rings (SSSR count). The molecule has 0 bridgehead atoms. The quantitative estimate of drug-likeness (QED) is 0.0656. The Balaban J connectivity index is 0.000000347. The number of aliphatic hydroxyl groups is 1. The second-order valence-corrected chi connectivity index (χ2v) is 25.6. The molecule has 1 N–H and O–H groups in total. The van der Waals surface area contributed by atoms with Crippen molar-refractivity contribution < 1.29 is 34.4 Å². The van der Waals surface area contributed by atoms with Gasteiger partial charge in [0, 0.05) is 38.0 Å². The molecule has 2 heterocycles. The molecular weight excluding hydrogens is 843 g/mol. The number of ketones is 1. The van der Waals surface area contributed by atoms with Gasteiger partial charge in [0.05, 0.1) is 5.76 Å². The fourth-order valence-electron chi connectivity index (χ4n) is 6.21. The van der Waals surface area contributed by atoms with Crippen LogP contribution in [0.5, 0.6) is 0 Å². The molecule has 0 aliphatic heterocycles. The molecule has 4 nitrogen and oxygen atoms in total. The van der Waals surface area contributed by atoms with Crippen molar-refractivity contribution in [3.63, 3.8) is 0 Å². The van der Waals surface area contributed by atoms with Gasteiger partial charge in [-0.2, -0.15) is 0 Å². The fraction of sp³-hybridized carbons (Fsp3) is 0.395. The van der Waals surface area contributed by atoms with E-state index in [0.29, 0.717) is 0 Å². The van der Waals surface area contributed by atoms with Gasteiger partial charge in [0.2, 0.25) is 0 Å². The number of rotatable bonds is 10. The number of allylic oxidation sites excluding steroid dienone is 2. The van der Waals surface area contributed by atoms with Crippen molar-refractivity contribution in [2.75, 3.05) is 0 Å². The molecule has 49 heavy (non-hydrogen) atoms.